The molecule has 1 aromatic carbocycles. The number of nitrogens with zero attached hydrogens (tertiary/aromatic N) is 2. The molecular weight excluding hydrogens is 377 g/mol. The zero-order valence-electron chi connectivity index (χ0n) is 14.4. The van der Waals surface area contributed by atoms with Crippen LogP contribution in [0.1, 0.15) is 18.5 Å². The number of urea groups is 1. The van der Waals surface area contributed by atoms with Crippen molar-refractivity contribution in [3.63, 3.8) is 0 Å². The van der Waals surface area contributed by atoms with E-state index in [4.69, 9.17) is 0 Å². The first-order valence-electron chi connectivity index (χ1n) is 8.32. The Hall–Kier alpha value is -3.43. The highest BCUT2D eigenvalue weighted by molar-refractivity contribution is 6.21. The van der Waals surface area contributed by atoms with Crippen molar-refractivity contribution in [1.82, 2.24) is 15.6 Å². The predicted molar refractivity (Wildman–Crippen MR) is 91.4 cm³/mol. The minimum absolute atomic E-state index is 0.0126. The molecule has 146 valence electrons. The lowest BCUT2D eigenvalue weighted by Gasteiger charge is -2.13. The van der Waals surface area contributed by atoms with Crippen molar-refractivity contribution in [1.29, 1.82) is 0 Å². The van der Waals surface area contributed by atoms with Crippen molar-refractivity contribution in [3.8, 4) is 0 Å². The molecule has 4 amide bonds. The first kappa shape index (κ1) is 19.3. The van der Waals surface area contributed by atoms with Crippen LogP contribution in [0.15, 0.2) is 36.5 Å². The fourth-order valence-corrected chi connectivity index (χ4v) is 2.70. The fraction of sp³-hybridized carbons (Fsp3) is 0.222. The van der Waals surface area contributed by atoms with Crippen LogP contribution in [0.5, 0.6) is 0 Å². The number of benzene rings is 1. The van der Waals surface area contributed by atoms with Crippen LogP contribution >= 0.6 is 0 Å². The number of hydrogen-bond acceptors (Lipinski definition) is 4. The Bertz CT molecular complexity index is 901. The van der Waals surface area contributed by atoms with Gasteiger partial charge in [-0.3, -0.25) is 14.6 Å². The predicted octanol–water partition coefficient (Wildman–Crippen LogP) is 2.02. The summed E-state index contributed by atoms with van der Waals surface area (Å²) in [6.07, 6.45) is 1.51. The van der Waals surface area contributed by atoms with Crippen molar-refractivity contribution < 1.29 is 27.6 Å². The van der Waals surface area contributed by atoms with E-state index in [1.807, 2.05) is 0 Å². The molecule has 1 atom stereocenters. The number of carbonyl (C=O) groups excluding carboxylic acids is 3. The van der Waals surface area contributed by atoms with E-state index in [0.717, 1.165) is 0 Å². The molecule has 1 aromatic heterocycles. The van der Waals surface area contributed by atoms with E-state index in [-0.39, 0.29) is 25.3 Å². The molecule has 10 heteroatoms. The number of carbonyl (C=O) groups is 3. The van der Waals surface area contributed by atoms with Gasteiger partial charge in [-0.25, -0.2) is 22.9 Å². The lowest BCUT2D eigenvalue weighted by Crippen LogP contribution is -2.32. The monoisotopic (exact) mass is 392 g/mol. The number of pyridine rings is 1. The van der Waals surface area contributed by atoms with Gasteiger partial charge >= 0.3 is 6.03 Å². The second kappa shape index (κ2) is 8.07. The summed E-state index contributed by atoms with van der Waals surface area (Å²) in [5.41, 5.74) is 0.230. The highest BCUT2D eigenvalue weighted by atomic mass is 19.2. The van der Waals surface area contributed by atoms with Gasteiger partial charge in [0.25, 0.3) is 5.91 Å². The zero-order chi connectivity index (χ0) is 20.3. The summed E-state index contributed by atoms with van der Waals surface area (Å²) in [5.74, 6) is -5.88. The maximum Gasteiger partial charge on any atom is 0.329 e. The SMILES string of the molecule is O=C(CC[C@H]1NC(=O)N(c2cc(F)c(F)c(F)c2)C1=O)NCc1ccccn1. The normalized spacial score (nSPS) is 16.2. The van der Waals surface area contributed by atoms with Crippen LogP contribution in [0, 0.1) is 17.5 Å². The summed E-state index contributed by atoms with van der Waals surface area (Å²) in [7, 11) is 0. The minimum atomic E-state index is -1.70. The lowest BCUT2D eigenvalue weighted by atomic mass is 10.1. The zero-order valence-corrected chi connectivity index (χ0v) is 14.4. The first-order valence-corrected chi connectivity index (χ1v) is 8.32. The molecule has 2 N–H and O–H groups in total. The van der Waals surface area contributed by atoms with E-state index in [2.05, 4.69) is 15.6 Å². The van der Waals surface area contributed by atoms with Crippen LogP contribution in [0.2, 0.25) is 0 Å². The number of nitrogens with one attached hydrogen (secondary N) is 2. The molecule has 3 rings (SSSR count). The van der Waals surface area contributed by atoms with Crippen LogP contribution in [-0.4, -0.2) is 28.9 Å². The molecule has 0 spiro atoms. The van der Waals surface area contributed by atoms with Gasteiger partial charge in [0.1, 0.15) is 6.04 Å². The summed E-state index contributed by atoms with van der Waals surface area (Å²) >= 11 is 0. The summed E-state index contributed by atoms with van der Waals surface area (Å²) in [4.78, 5) is 40.9. The molecule has 2 heterocycles. The molecule has 0 aliphatic carbocycles. The van der Waals surface area contributed by atoms with Gasteiger partial charge in [-0.05, 0) is 18.6 Å². The van der Waals surface area contributed by atoms with Gasteiger partial charge in [0.2, 0.25) is 5.91 Å². The van der Waals surface area contributed by atoms with E-state index >= 15 is 0 Å². The van der Waals surface area contributed by atoms with Crippen LogP contribution in [0.3, 0.4) is 0 Å². The topological polar surface area (TPSA) is 91.4 Å². The molecule has 1 saturated heterocycles. The Kier molecular flexibility index (Phi) is 5.57. The second-order valence-electron chi connectivity index (χ2n) is 6.04. The smallest absolute Gasteiger partial charge is 0.329 e. The molecular formula is C18H15F3N4O3. The van der Waals surface area contributed by atoms with Crippen molar-refractivity contribution in [3.05, 3.63) is 59.7 Å². The van der Waals surface area contributed by atoms with Crippen LogP contribution in [0.25, 0.3) is 0 Å². The highest BCUT2D eigenvalue weighted by Crippen LogP contribution is 2.25. The van der Waals surface area contributed by atoms with Crippen molar-refractivity contribution in [2.45, 2.75) is 25.4 Å². The number of rotatable bonds is 6. The number of anilines is 1. The van der Waals surface area contributed by atoms with E-state index in [1.54, 1.807) is 24.4 Å². The van der Waals surface area contributed by atoms with E-state index in [0.29, 0.717) is 22.7 Å². The molecule has 1 aliphatic rings. The molecule has 1 aliphatic heterocycles. The number of aromatic nitrogens is 1. The van der Waals surface area contributed by atoms with Crippen molar-refractivity contribution in [2.24, 2.45) is 0 Å². The average Bonchev–Trinajstić information content (AvgIpc) is 2.96. The molecule has 1 fully saturated rings. The summed E-state index contributed by atoms with van der Waals surface area (Å²) in [6.45, 7) is 0.213. The Morgan fingerprint density at radius 3 is 2.54 bits per heavy atom. The van der Waals surface area contributed by atoms with Gasteiger partial charge in [-0.1, -0.05) is 6.07 Å². The van der Waals surface area contributed by atoms with Gasteiger partial charge in [0.15, 0.2) is 17.5 Å². The molecule has 0 saturated carbocycles. The van der Waals surface area contributed by atoms with Crippen molar-refractivity contribution >= 4 is 23.5 Å². The number of hydrogen-bond donors (Lipinski definition) is 2. The van der Waals surface area contributed by atoms with Gasteiger partial charge in [0, 0.05) is 24.8 Å². The quantitative estimate of drug-likeness (QED) is 0.581. The van der Waals surface area contributed by atoms with Crippen LogP contribution in [-0.2, 0) is 16.1 Å². The fourth-order valence-electron chi connectivity index (χ4n) is 2.70. The Labute approximate surface area is 157 Å². The van der Waals surface area contributed by atoms with Crippen molar-refractivity contribution in [2.75, 3.05) is 4.90 Å². The summed E-state index contributed by atoms with van der Waals surface area (Å²) in [6, 6.07) is 4.41. The molecule has 0 bridgehead atoms. The van der Waals surface area contributed by atoms with E-state index in [1.165, 1.54) is 0 Å². The molecule has 2 aromatic rings. The summed E-state index contributed by atoms with van der Waals surface area (Å²) < 4.78 is 39.8. The van der Waals surface area contributed by atoms with Crippen LogP contribution < -0.4 is 15.5 Å². The second-order valence-corrected chi connectivity index (χ2v) is 6.04. The number of halogens is 3. The molecule has 28 heavy (non-hydrogen) atoms. The largest absolute Gasteiger partial charge is 0.350 e. The molecule has 7 nitrogen and oxygen atoms in total. The van der Waals surface area contributed by atoms with E-state index < -0.39 is 41.1 Å². The van der Waals surface area contributed by atoms with Gasteiger partial charge in [-0.2, -0.15) is 0 Å². The number of amides is 4. The summed E-state index contributed by atoms with van der Waals surface area (Å²) in [5, 5.41) is 4.97. The Morgan fingerprint density at radius 2 is 1.89 bits per heavy atom. The highest BCUT2D eigenvalue weighted by Gasteiger charge is 2.39. The minimum Gasteiger partial charge on any atom is -0.350 e. The third-order valence-electron chi connectivity index (χ3n) is 4.10. The maximum atomic E-state index is 13.4. The lowest BCUT2D eigenvalue weighted by molar-refractivity contribution is -0.122. The average molecular weight is 392 g/mol. The third-order valence-corrected chi connectivity index (χ3v) is 4.10. The Morgan fingerprint density at radius 1 is 1.18 bits per heavy atom. The van der Waals surface area contributed by atoms with E-state index in [9.17, 15) is 27.6 Å². The standard InChI is InChI=1S/C18H15F3N4O3/c19-12-7-11(8-13(20)16(12)21)25-17(27)14(24-18(25)28)4-5-15(26)23-9-10-3-1-2-6-22-10/h1-3,6-8,14H,4-5,9H2,(H,23,26)(H,24,28)/t14-/m1/s1. The van der Waals surface area contributed by atoms with Gasteiger partial charge in [0.05, 0.1) is 17.9 Å². The van der Waals surface area contributed by atoms with Crippen LogP contribution in [0.4, 0.5) is 23.7 Å². The maximum absolute atomic E-state index is 13.4. The van der Waals surface area contributed by atoms with Gasteiger partial charge < -0.3 is 10.6 Å². The molecule has 0 radical (unpaired) electrons. The third kappa shape index (κ3) is 4.11. The Balaban J connectivity index is 1.58. The number of imide groups is 1. The first-order chi connectivity index (χ1) is 13.4. The van der Waals surface area contributed by atoms with Gasteiger partial charge in [-0.15, -0.1) is 0 Å². The molecule has 0 unspecified atom stereocenters.